The number of amides is 1. The molecule has 1 aliphatic rings. The molecule has 2 N–H and O–H groups in total. The topological polar surface area (TPSA) is 72.5 Å². The molecule has 0 saturated carbocycles. The summed E-state index contributed by atoms with van der Waals surface area (Å²) in [6.07, 6.45) is 5.33. The number of benzene rings is 1. The summed E-state index contributed by atoms with van der Waals surface area (Å²) in [5.41, 5.74) is 2.86. The lowest BCUT2D eigenvalue weighted by Crippen LogP contribution is -2.31. The normalized spacial score (nSPS) is 16.3. The lowest BCUT2D eigenvalue weighted by Gasteiger charge is -2.14. The second kappa shape index (κ2) is 8.38. The number of hydrogen-bond donors (Lipinski definition) is 2. The lowest BCUT2D eigenvalue weighted by molar-refractivity contribution is 0.0857. The molecule has 2 aromatic rings. The summed E-state index contributed by atoms with van der Waals surface area (Å²) in [5, 5.41) is 6.76. The molecule has 3 rings (SSSR count). The fraction of sp³-hybridized carbons (Fsp3) is 0.368. The number of nitrogens with one attached hydrogen (secondary N) is 2. The lowest BCUT2D eigenvalue weighted by atomic mass is 10.2. The molecule has 0 bridgehead atoms. The first-order valence-corrected chi connectivity index (χ1v) is 8.90. The van der Waals surface area contributed by atoms with Crippen LogP contribution in [0.1, 0.15) is 28.8 Å². The van der Waals surface area contributed by atoms with Crippen molar-refractivity contribution in [3.05, 3.63) is 46.7 Å². The van der Waals surface area contributed by atoms with E-state index in [-0.39, 0.29) is 12.0 Å². The summed E-state index contributed by atoms with van der Waals surface area (Å²) in [4.78, 5) is 16.5. The second-order valence-corrected chi connectivity index (χ2v) is 6.64. The third-order valence-electron chi connectivity index (χ3n) is 4.27. The van der Waals surface area contributed by atoms with Gasteiger partial charge in [-0.25, -0.2) is 0 Å². The van der Waals surface area contributed by atoms with Crippen molar-refractivity contribution in [1.82, 2.24) is 10.3 Å². The highest BCUT2D eigenvalue weighted by Crippen LogP contribution is 2.33. The number of hydrogen-bond acceptors (Lipinski definition) is 5. The van der Waals surface area contributed by atoms with Gasteiger partial charge in [0.25, 0.3) is 5.91 Å². The molecule has 1 atom stereocenters. The minimum Gasteiger partial charge on any atom is -0.495 e. The maximum Gasteiger partial charge on any atom is 0.253 e. The molecule has 1 aromatic heterocycles. The summed E-state index contributed by atoms with van der Waals surface area (Å²) in [7, 11) is 1.58. The van der Waals surface area contributed by atoms with E-state index in [4.69, 9.17) is 21.1 Å². The maximum absolute atomic E-state index is 12.4. The Morgan fingerprint density at radius 2 is 2.23 bits per heavy atom. The van der Waals surface area contributed by atoms with Crippen LogP contribution in [-0.4, -0.2) is 37.3 Å². The summed E-state index contributed by atoms with van der Waals surface area (Å²) in [6, 6.07) is 5.40. The van der Waals surface area contributed by atoms with Gasteiger partial charge in [0.1, 0.15) is 5.75 Å². The Balaban J connectivity index is 1.71. The fourth-order valence-electron chi connectivity index (χ4n) is 2.83. The number of carbonyl (C=O) groups is 1. The van der Waals surface area contributed by atoms with Crippen molar-refractivity contribution in [2.75, 3.05) is 25.6 Å². The zero-order valence-electron chi connectivity index (χ0n) is 14.8. The van der Waals surface area contributed by atoms with Crippen LogP contribution in [0.5, 0.6) is 5.75 Å². The Labute approximate surface area is 157 Å². The minimum atomic E-state index is -0.170. The van der Waals surface area contributed by atoms with Gasteiger partial charge in [0, 0.05) is 30.4 Å². The van der Waals surface area contributed by atoms with E-state index < -0.39 is 0 Å². The molecule has 1 aliphatic heterocycles. The number of carbonyl (C=O) groups excluding carboxylic acids is 1. The number of ether oxygens (including phenoxy) is 2. The Morgan fingerprint density at radius 3 is 2.96 bits per heavy atom. The van der Waals surface area contributed by atoms with Gasteiger partial charge in [0.05, 0.1) is 36.3 Å². The van der Waals surface area contributed by atoms with Gasteiger partial charge in [-0.2, -0.15) is 0 Å². The first-order valence-electron chi connectivity index (χ1n) is 8.53. The average molecular weight is 376 g/mol. The standard InChI is InChI=1S/C19H22ClN3O3/c1-12-6-17(18(25-2)8-16(12)20)23-14-7-13(9-21-10-14)19(24)22-11-15-4-3-5-26-15/h6-10,15,23H,3-5,11H2,1-2H3,(H,22,24). The molecule has 0 spiro atoms. The highest BCUT2D eigenvalue weighted by Gasteiger charge is 2.17. The number of nitrogens with zero attached hydrogens (tertiary/aromatic N) is 1. The smallest absolute Gasteiger partial charge is 0.253 e. The third-order valence-corrected chi connectivity index (χ3v) is 4.68. The minimum absolute atomic E-state index is 0.106. The number of rotatable bonds is 6. The van der Waals surface area contributed by atoms with Crippen molar-refractivity contribution in [3.8, 4) is 5.75 Å². The molecule has 0 radical (unpaired) electrons. The Kier molecular flexibility index (Phi) is 5.96. The van der Waals surface area contributed by atoms with Gasteiger partial charge in [0.15, 0.2) is 0 Å². The van der Waals surface area contributed by atoms with Crippen molar-refractivity contribution >= 4 is 28.9 Å². The summed E-state index contributed by atoms with van der Waals surface area (Å²) >= 11 is 6.14. The van der Waals surface area contributed by atoms with E-state index in [1.807, 2.05) is 13.0 Å². The van der Waals surface area contributed by atoms with E-state index in [2.05, 4.69) is 15.6 Å². The van der Waals surface area contributed by atoms with Gasteiger partial charge in [-0.15, -0.1) is 0 Å². The molecule has 2 heterocycles. The number of halogens is 1. The van der Waals surface area contributed by atoms with Gasteiger partial charge in [-0.05, 0) is 37.5 Å². The van der Waals surface area contributed by atoms with Crippen molar-refractivity contribution in [2.24, 2.45) is 0 Å². The predicted octanol–water partition coefficient (Wildman–Crippen LogP) is 3.70. The number of pyridine rings is 1. The molecule has 7 heteroatoms. The first kappa shape index (κ1) is 18.5. The third kappa shape index (κ3) is 4.45. The highest BCUT2D eigenvalue weighted by molar-refractivity contribution is 6.31. The quantitative estimate of drug-likeness (QED) is 0.805. The number of aromatic nitrogens is 1. The van der Waals surface area contributed by atoms with Crippen LogP contribution >= 0.6 is 11.6 Å². The predicted molar refractivity (Wildman–Crippen MR) is 102 cm³/mol. The molecule has 0 aliphatic carbocycles. The fourth-order valence-corrected chi connectivity index (χ4v) is 2.99. The van der Waals surface area contributed by atoms with Crippen LogP contribution in [0.25, 0.3) is 0 Å². The van der Waals surface area contributed by atoms with E-state index in [1.165, 1.54) is 0 Å². The van der Waals surface area contributed by atoms with Gasteiger partial charge in [-0.3, -0.25) is 9.78 Å². The Bertz CT molecular complexity index is 792. The van der Waals surface area contributed by atoms with E-state index in [0.29, 0.717) is 28.6 Å². The van der Waals surface area contributed by atoms with Gasteiger partial charge in [0.2, 0.25) is 0 Å². The summed E-state index contributed by atoms with van der Waals surface area (Å²) in [5.74, 6) is 0.449. The van der Waals surface area contributed by atoms with Crippen LogP contribution in [0, 0.1) is 6.92 Å². The number of aryl methyl sites for hydroxylation is 1. The van der Waals surface area contributed by atoms with Crippen LogP contribution in [0.3, 0.4) is 0 Å². The molecular weight excluding hydrogens is 354 g/mol. The number of methoxy groups -OCH3 is 1. The monoisotopic (exact) mass is 375 g/mol. The van der Waals surface area contributed by atoms with Crippen molar-refractivity contribution in [3.63, 3.8) is 0 Å². The van der Waals surface area contributed by atoms with Gasteiger partial charge >= 0.3 is 0 Å². The molecule has 1 amide bonds. The van der Waals surface area contributed by atoms with Crippen LogP contribution in [0.15, 0.2) is 30.6 Å². The van der Waals surface area contributed by atoms with Gasteiger partial charge < -0.3 is 20.1 Å². The van der Waals surface area contributed by atoms with Gasteiger partial charge in [-0.1, -0.05) is 11.6 Å². The Hall–Kier alpha value is -2.31. The summed E-state index contributed by atoms with van der Waals surface area (Å²) < 4.78 is 10.9. The molecule has 1 fully saturated rings. The largest absolute Gasteiger partial charge is 0.495 e. The van der Waals surface area contributed by atoms with Crippen molar-refractivity contribution in [1.29, 1.82) is 0 Å². The van der Waals surface area contributed by atoms with Crippen molar-refractivity contribution < 1.29 is 14.3 Å². The highest BCUT2D eigenvalue weighted by atomic mass is 35.5. The van der Waals surface area contributed by atoms with Crippen LogP contribution in [0.2, 0.25) is 5.02 Å². The first-order chi connectivity index (χ1) is 12.6. The molecule has 1 unspecified atom stereocenters. The SMILES string of the molecule is COc1cc(Cl)c(C)cc1Nc1cncc(C(=O)NCC2CCCO2)c1. The summed E-state index contributed by atoms with van der Waals surface area (Å²) in [6.45, 7) is 3.20. The average Bonchev–Trinajstić information content (AvgIpc) is 3.16. The van der Waals surface area contributed by atoms with E-state index >= 15 is 0 Å². The van der Waals surface area contributed by atoms with E-state index in [1.54, 1.807) is 31.6 Å². The van der Waals surface area contributed by atoms with E-state index in [9.17, 15) is 4.79 Å². The number of anilines is 2. The second-order valence-electron chi connectivity index (χ2n) is 6.23. The molecule has 138 valence electrons. The molecule has 1 aromatic carbocycles. The molecule has 1 saturated heterocycles. The van der Waals surface area contributed by atoms with Crippen LogP contribution in [0.4, 0.5) is 11.4 Å². The zero-order chi connectivity index (χ0) is 18.5. The molecule has 6 nitrogen and oxygen atoms in total. The maximum atomic E-state index is 12.4. The van der Waals surface area contributed by atoms with Crippen LogP contribution < -0.4 is 15.4 Å². The zero-order valence-corrected chi connectivity index (χ0v) is 15.6. The van der Waals surface area contributed by atoms with Crippen molar-refractivity contribution in [2.45, 2.75) is 25.9 Å². The van der Waals surface area contributed by atoms with E-state index in [0.717, 1.165) is 30.7 Å². The Morgan fingerprint density at radius 1 is 1.38 bits per heavy atom. The van der Waals surface area contributed by atoms with Crippen LogP contribution in [-0.2, 0) is 4.74 Å². The molecule has 26 heavy (non-hydrogen) atoms. The molecular formula is C19H22ClN3O3.